The molecule has 1 N–H and O–H groups in total. The normalized spacial score (nSPS) is 15.5. The Morgan fingerprint density at radius 2 is 2.25 bits per heavy atom. The van der Waals surface area contributed by atoms with Crippen LogP contribution < -0.4 is 5.32 Å². The first-order valence-corrected chi connectivity index (χ1v) is 8.98. The summed E-state index contributed by atoms with van der Waals surface area (Å²) in [4.78, 5) is 24.1. The fraction of sp³-hybridized carbons (Fsp3) is 0.471. The number of nitrogens with zero attached hydrogens (tertiary/aromatic N) is 3. The number of methoxy groups -OCH3 is 1. The average molecular weight is 346 g/mol. The molecule has 0 aliphatic carbocycles. The van der Waals surface area contributed by atoms with E-state index in [2.05, 4.69) is 22.2 Å². The van der Waals surface area contributed by atoms with E-state index in [0.29, 0.717) is 19.7 Å². The molecule has 2 aromatic heterocycles. The number of thiophene rings is 1. The van der Waals surface area contributed by atoms with Gasteiger partial charge in [-0.2, -0.15) is 0 Å². The fourth-order valence-corrected chi connectivity index (χ4v) is 3.63. The molecule has 0 fully saturated rings. The molecule has 0 saturated carbocycles. The number of anilines is 1. The highest BCUT2D eigenvalue weighted by Crippen LogP contribution is 2.22. The van der Waals surface area contributed by atoms with Gasteiger partial charge in [0.15, 0.2) is 0 Å². The summed E-state index contributed by atoms with van der Waals surface area (Å²) >= 11 is 1.49. The molecule has 24 heavy (non-hydrogen) atoms. The smallest absolute Gasteiger partial charge is 0.263 e. The van der Waals surface area contributed by atoms with Crippen molar-refractivity contribution >= 4 is 23.1 Å². The summed E-state index contributed by atoms with van der Waals surface area (Å²) in [6, 6.07) is 3.96. The average Bonchev–Trinajstić information content (AvgIpc) is 3.02. The molecule has 0 aromatic carbocycles. The summed E-state index contributed by atoms with van der Waals surface area (Å²) < 4.78 is 5.18. The van der Waals surface area contributed by atoms with Crippen LogP contribution in [0, 0.1) is 0 Å². The summed E-state index contributed by atoms with van der Waals surface area (Å²) in [5, 5.41) is 5.33. The van der Waals surface area contributed by atoms with Crippen molar-refractivity contribution in [3.8, 4) is 0 Å². The Morgan fingerprint density at radius 3 is 3.00 bits per heavy atom. The van der Waals surface area contributed by atoms with Gasteiger partial charge in [0.2, 0.25) is 0 Å². The van der Waals surface area contributed by atoms with Crippen LogP contribution in [0.1, 0.15) is 27.9 Å². The fourth-order valence-electron chi connectivity index (χ4n) is 2.93. The van der Waals surface area contributed by atoms with Gasteiger partial charge in [-0.3, -0.25) is 4.79 Å². The van der Waals surface area contributed by atoms with Crippen molar-refractivity contribution in [3.63, 3.8) is 0 Å². The van der Waals surface area contributed by atoms with Gasteiger partial charge in [-0.25, -0.2) is 9.97 Å². The monoisotopic (exact) mass is 346 g/mol. The van der Waals surface area contributed by atoms with E-state index in [9.17, 15) is 4.79 Å². The lowest BCUT2D eigenvalue weighted by molar-refractivity contribution is 0.0768. The van der Waals surface area contributed by atoms with Gasteiger partial charge < -0.3 is 15.0 Å². The molecule has 128 valence electrons. The lowest BCUT2D eigenvalue weighted by atomic mass is 10.1. The lowest BCUT2D eigenvalue weighted by Gasteiger charge is -2.19. The molecule has 2 aromatic rings. The number of carbonyl (C=O) groups is 1. The Morgan fingerprint density at radius 1 is 1.42 bits per heavy atom. The van der Waals surface area contributed by atoms with Crippen LogP contribution in [0.25, 0.3) is 0 Å². The van der Waals surface area contributed by atoms with E-state index >= 15 is 0 Å². The lowest BCUT2D eigenvalue weighted by Crippen LogP contribution is -2.32. The molecule has 1 aliphatic heterocycles. The molecular weight excluding hydrogens is 324 g/mol. The maximum absolute atomic E-state index is 12.6. The van der Waals surface area contributed by atoms with Crippen LogP contribution in [0.4, 0.5) is 5.82 Å². The highest BCUT2D eigenvalue weighted by atomic mass is 32.1. The number of nitrogens with one attached hydrogen (secondary N) is 1. The Kier molecular flexibility index (Phi) is 5.42. The van der Waals surface area contributed by atoms with E-state index in [1.165, 1.54) is 11.3 Å². The van der Waals surface area contributed by atoms with E-state index in [4.69, 9.17) is 4.74 Å². The van der Waals surface area contributed by atoms with Gasteiger partial charge in [-0.1, -0.05) is 6.07 Å². The van der Waals surface area contributed by atoms with Crippen molar-refractivity contribution in [2.45, 2.75) is 25.8 Å². The molecule has 1 amide bonds. The molecule has 0 unspecified atom stereocenters. The van der Waals surface area contributed by atoms with Crippen LogP contribution >= 0.6 is 11.3 Å². The minimum absolute atomic E-state index is 0.105. The second-order valence-electron chi connectivity index (χ2n) is 5.92. The van der Waals surface area contributed by atoms with Crippen molar-refractivity contribution < 1.29 is 9.53 Å². The third kappa shape index (κ3) is 3.73. The predicted octanol–water partition coefficient (Wildman–Crippen LogP) is 2.23. The predicted molar refractivity (Wildman–Crippen MR) is 94.6 cm³/mol. The molecule has 1 aliphatic rings. The van der Waals surface area contributed by atoms with Crippen LogP contribution in [-0.4, -0.2) is 53.6 Å². The van der Waals surface area contributed by atoms with E-state index in [1.54, 1.807) is 13.4 Å². The summed E-state index contributed by atoms with van der Waals surface area (Å²) in [5.74, 6) is 0.961. The summed E-state index contributed by atoms with van der Waals surface area (Å²) in [5.41, 5.74) is 2.14. The van der Waals surface area contributed by atoms with Crippen LogP contribution in [-0.2, 0) is 17.6 Å². The van der Waals surface area contributed by atoms with Gasteiger partial charge in [-0.05, 0) is 24.8 Å². The van der Waals surface area contributed by atoms with Crippen molar-refractivity contribution in [1.82, 2.24) is 14.9 Å². The van der Waals surface area contributed by atoms with Crippen molar-refractivity contribution in [3.05, 3.63) is 40.0 Å². The highest BCUT2D eigenvalue weighted by molar-refractivity contribution is 7.12. The standard InChI is InChI=1S/C17H22N4O2S/c1-12(10-23-2)20-16-13-5-7-21(8-6-14(13)18-11-19-16)17(22)15-4-3-9-24-15/h3-4,9,11-12H,5-8,10H2,1-2H3,(H,18,19,20)/t12-/m1/s1. The van der Waals surface area contributed by atoms with Crippen molar-refractivity contribution in [2.75, 3.05) is 32.1 Å². The van der Waals surface area contributed by atoms with Crippen LogP contribution in [0.2, 0.25) is 0 Å². The quantitative estimate of drug-likeness (QED) is 0.899. The third-order valence-corrected chi connectivity index (χ3v) is 4.96. The van der Waals surface area contributed by atoms with Crippen LogP contribution in [0.15, 0.2) is 23.8 Å². The molecule has 0 radical (unpaired) electrons. The minimum Gasteiger partial charge on any atom is -0.383 e. The second kappa shape index (κ2) is 7.72. The number of fused-ring (bicyclic) bond motifs is 1. The Labute approximate surface area is 145 Å². The number of amides is 1. The van der Waals surface area contributed by atoms with Gasteiger partial charge in [0.1, 0.15) is 12.1 Å². The van der Waals surface area contributed by atoms with Crippen molar-refractivity contribution in [1.29, 1.82) is 0 Å². The topological polar surface area (TPSA) is 67.3 Å². The van der Waals surface area contributed by atoms with Crippen molar-refractivity contribution in [2.24, 2.45) is 0 Å². The Hall–Kier alpha value is -1.99. The molecular formula is C17H22N4O2S. The molecule has 1 atom stereocenters. The van der Waals surface area contributed by atoms with Gasteiger partial charge in [0.05, 0.1) is 17.2 Å². The van der Waals surface area contributed by atoms with E-state index in [1.807, 2.05) is 22.4 Å². The number of hydrogen-bond donors (Lipinski definition) is 1. The highest BCUT2D eigenvalue weighted by Gasteiger charge is 2.23. The number of hydrogen-bond acceptors (Lipinski definition) is 6. The van der Waals surface area contributed by atoms with E-state index in [0.717, 1.165) is 34.8 Å². The van der Waals surface area contributed by atoms with Crippen LogP contribution in [0.5, 0.6) is 0 Å². The zero-order valence-corrected chi connectivity index (χ0v) is 14.8. The van der Waals surface area contributed by atoms with Gasteiger partial charge in [0, 0.05) is 38.2 Å². The minimum atomic E-state index is 0.105. The number of rotatable bonds is 5. The maximum Gasteiger partial charge on any atom is 0.263 e. The third-order valence-electron chi connectivity index (χ3n) is 4.10. The Bertz CT molecular complexity index is 690. The first-order valence-electron chi connectivity index (χ1n) is 8.10. The van der Waals surface area contributed by atoms with E-state index in [-0.39, 0.29) is 11.9 Å². The molecule has 3 rings (SSSR count). The molecule has 3 heterocycles. The maximum atomic E-state index is 12.6. The molecule has 0 spiro atoms. The number of carbonyl (C=O) groups excluding carboxylic acids is 1. The van der Waals surface area contributed by atoms with Gasteiger partial charge >= 0.3 is 0 Å². The molecule has 0 saturated heterocycles. The summed E-state index contributed by atoms with van der Waals surface area (Å²) in [6.07, 6.45) is 3.11. The summed E-state index contributed by atoms with van der Waals surface area (Å²) in [7, 11) is 1.69. The van der Waals surface area contributed by atoms with Gasteiger partial charge in [0.25, 0.3) is 5.91 Å². The number of aromatic nitrogens is 2. The summed E-state index contributed by atoms with van der Waals surface area (Å²) in [6.45, 7) is 4.04. The molecule has 6 nitrogen and oxygen atoms in total. The van der Waals surface area contributed by atoms with E-state index < -0.39 is 0 Å². The first-order chi connectivity index (χ1) is 11.7. The Balaban J connectivity index is 1.74. The van der Waals surface area contributed by atoms with Gasteiger partial charge in [-0.15, -0.1) is 11.3 Å². The first kappa shape index (κ1) is 16.9. The van der Waals surface area contributed by atoms with Crippen LogP contribution in [0.3, 0.4) is 0 Å². The molecule has 0 bridgehead atoms. The number of ether oxygens (including phenoxy) is 1. The SMILES string of the molecule is COC[C@@H](C)Nc1ncnc2c1CCN(C(=O)c1cccs1)CC2. The largest absolute Gasteiger partial charge is 0.383 e. The zero-order chi connectivity index (χ0) is 16.9. The second-order valence-corrected chi connectivity index (χ2v) is 6.87. The zero-order valence-electron chi connectivity index (χ0n) is 14.0. The molecule has 7 heteroatoms.